The Morgan fingerprint density at radius 3 is 2.54 bits per heavy atom. The Labute approximate surface area is 206 Å². The summed E-state index contributed by atoms with van der Waals surface area (Å²) in [5.41, 5.74) is 2.14. The molecule has 0 aliphatic carbocycles. The summed E-state index contributed by atoms with van der Waals surface area (Å²) in [6.45, 7) is 6.87. The summed E-state index contributed by atoms with van der Waals surface area (Å²) < 4.78 is 46.0. The number of ether oxygens (including phenoxy) is 1. The number of hydrogen-bond donors (Lipinski definition) is 2. The number of unbranched alkanes of at least 4 members (excludes halogenated alkanes) is 3. The highest BCUT2D eigenvalue weighted by molar-refractivity contribution is 5.76. The van der Waals surface area contributed by atoms with E-state index in [9.17, 15) is 18.3 Å². The predicted molar refractivity (Wildman–Crippen MR) is 133 cm³/mol. The van der Waals surface area contributed by atoms with Crippen molar-refractivity contribution in [1.29, 1.82) is 0 Å². The van der Waals surface area contributed by atoms with Crippen molar-refractivity contribution < 1.29 is 23.0 Å². The van der Waals surface area contributed by atoms with Gasteiger partial charge in [0.2, 0.25) is 0 Å². The van der Waals surface area contributed by atoms with Gasteiger partial charge in [-0.25, -0.2) is 0 Å². The van der Waals surface area contributed by atoms with Gasteiger partial charge in [-0.3, -0.25) is 0 Å². The van der Waals surface area contributed by atoms with Crippen LogP contribution >= 0.6 is 0 Å². The third-order valence-electron chi connectivity index (χ3n) is 6.69. The first-order valence-corrected chi connectivity index (χ1v) is 13.0. The van der Waals surface area contributed by atoms with Crippen molar-refractivity contribution in [3.8, 4) is 17.0 Å². The summed E-state index contributed by atoms with van der Waals surface area (Å²) in [6, 6.07) is 2.12. The van der Waals surface area contributed by atoms with Gasteiger partial charge in [-0.05, 0) is 61.8 Å². The number of aromatic hydroxyl groups is 1. The molecule has 0 amide bonds. The Morgan fingerprint density at radius 1 is 1.09 bits per heavy atom. The highest BCUT2D eigenvalue weighted by Crippen LogP contribution is 2.42. The maximum absolute atomic E-state index is 13.4. The van der Waals surface area contributed by atoms with Crippen molar-refractivity contribution >= 4 is 5.82 Å². The summed E-state index contributed by atoms with van der Waals surface area (Å²) in [6.07, 6.45) is 5.08. The van der Waals surface area contributed by atoms with Gasteiger partial charge in [0.05, 0.1) is 12.2 Å². The van der Waals surface area contributed by atoms with Gasteiger partial charge in [-0.2, -0.15) is 13.2 Å². The van der Waals surface area contributed by atoms with E-state index in [1.165, 1.54) is 6.42 Å². The fourth-order valence-electron chi connectivity index (χ4n) is 4.70. The number of rotatable bonds is 10. The largest absolute Gasteiger partial charge is 0.507 e. The van der Waals surface area contributed by atoms with E-state index in [-0.39, 0.29) is 18.2 Å². The number of alkyl halides is 3. The van der Waals surface area contributed by atoms with Crippen LogP contribution in [0.25, 0.3) is 11.3 Å². The number of nitrogens with zero attached hydrogens (tertiary/aromatic N) is 2. The van der Waals surface area contributed by atoms with Crippen molar-refractivity contribution in [3.63, 3.8) is 0 Å². The average Bonchev–Trinajstić information content (AvgIpc) is 2.91. The first-order valence-electron chi connectivity index (χ1n) is 13.0. The van der Waals surface area contributed by atoms with E-state index in [1.807, 2.05) is 0 Å². The van der Waals surface area contributed by atoms with Crippen LogP contribution in [0, 0.1) is 0 Å². The molecule has 0 fully saturated rings. The van der Waals surface area contributed by atoms with Crippen molar-refractivity contribution in [2.75, 3.05) is 11.9 Å². The third kappa shape index (κ3) is 6.87. The number of phenols is 1. The Bertz CT molecular complexity index is 979. The second-order valence-corrected chi connectivity index (χ2v) is 9.39. The summed E-state index contributed by atoms with van der Waals surface area (Å²) >= 11 is 0. The minimum absolute atomic E-state index is 0.0203. The van der Waals surface area contributed by atoms with E-state index in [0.29, 0.717) is 30.7 Å². The fourth-order valence-corrected chi connectivity index (χ4v) is 4.70. The molecule has 1 aliphatic heterocycles. The predicted octanol–water partition coefficient (Wildman–Crippen LogP) is 7.44. The maximum Gasteiger partial charge on any atom is 0.416 e. The van der Waals surface area contributed by atoms with E-state index >= 15 is 0 Å². The minimum Gasteiger partial charge on any atom is -0.507 e. The number of nitrogens with one attached hydrogen (secondary N) is 1. The van der Waals surface area contributed by atoms with Crippen molar-refractivity contribution in [1.82, 2.24) is 10.2 Å². The highest BCUT2D eigenvalue weighted by Gasteiger charge is 2.33. The molecule has 0 bridgehead atoms. The minimum atomic E-state index is -4.56. The van der Waals surface area contributed by atoms with Crippen LogP contribution in [0.1, 0.15) is 94.4 Å². The van der Waals surface area contributed by atoms with Crippen LogP contribution in [0.5, 0.6) is 5.75 Å². The third-order valence-corrected chi connectivity index (χ3v) is 6.69. The van der Waals surface area contributed by atoms with Crippen molar-refractivity contribution in [2.45, 2.75) is 104 Å². The smallest absolute Gasteiger partial charge is 0.416 e. The molecule has 1 unspecified atom stereocenters. The normalized spacial score (nSPS) is 14.9. The molecule has 0 spiro atoms. The Morgan fingerprint density at radius 2 is 1.86 bits per heavy atom. The van der Waals surface area contributed by atoms with E-state index in [0.717, 1.165) is 74.0 Å². The zero-order chi connectivity index (χ0) is 25.4. The number of halogens is 3. The van der Waals surface area contributed by atoms with Crippen molar-refractivity contribution in [3.05, 3.63) is 34.4 Å². The van der Waals surface area contributed by atoms with Crippen LogP contribution in [-0.4, -0.2) is 28.0 Å². The number of aromatic nitrogens is 2. The molecule has 2 heterocycles. The van der Waals surface area contributed by atoms with Crippen LogP contribution in [0.15, 0.2) is 12.1 Å². The molecule has 2 aromatic rings. The standard InChI is InChI=1S/C27H38F3N3O2/c1-4-7-9-11-20(6-3)31-26-22(12-8-5-2)21-13-10-14-35-17-18-15-19(27(28,29)30)16-23(34)24(18)25(21)32-33-26/h15-16,20,34H,4-14,17H2,1-3H3,(H,31,33). The molecule has 1 aromatic carbocycles. The zero-order valence-electron chi connectivity index (χ0n) is 21.1. The molecule has 3 rings (SSSR count). The number of anilines is 1. The van der Waals surface area contributed by atoms with Crippen LogP contribution < -0.4 is 5.32 Å². The Balaban J connectivity index is 2.12. The molecule has 35 heavy (non-hydrogen) atoms. The van der Waals surface area contributed by atoms with Gasteiger partial charge in [-0.1, -0.05) is 46.5 Å². The molecular weight excluding hydrogens is 455 g/mol. The topological polar surface area (TPSA) is 67.3 Å². The molecule has 1 aromatic heterocycles. The van der Waals surface area contributed by atoms with Gasteiger partial charge in [0, 0.05) is 23.8 Å². The lowest BCUT2D eigenvalue weighted by Crippen LogP contribution is -2.22. The van der Waals surface area contributed by atoms with Crippen molar-refractivity contribution in [2.24, 2.45) is 0 Å². The molecular formula is C27H38F3N3O2. The maximum atomic E-state index is 13.4. The first kappa shape index (κ1) is 27.2. The zero-order valence-corrected chi connectivity index (χ0v) is 21.1. The lowest BCUT2D eigenvalue weighted by molar-refractivity contribution is -0.137. The molecule has 0 saturated carbocycles. The van der Waals surface area contributed by atoms with Gasteiger partial charge in [0.25, 0.3) is 0 Å². The number of benzene rings is 1. The summed E-state index contributed by atoms with van der Waals surface area (Å²) in [7, 11) is 0. The molecule has 1 aliphatic rings. The Hall–Kier alpha value is -2.35. The lowest BCUT2D eigenvalue weighted by atomic mass is 9.91. The fraction of sp³-hybridized carbons (Fsp3) is 0.630. The SMILES string of the molecule is CCCCCC(CC)Nc1nnc2c(c1CCCC)CCCOCc1cc(C(F)(F)F)cc(O)c1-2. The van der Waals surface area contributed by atoms with E-state index in [1.54, 1.807) is 0 Å². The monoisotopic (exact) mass is 493 g/mol. The second kappa shape index (κ2) is 12.6. The van der Waals surface area contributed by atoms with E-state index in [4.69, 9.17) is 4.74 Å². The molecule has 0 saturated heterocycles. The number of fused-ring (bicyclic) bond motifs is 3. The number of phenolic OH excluding ortho intramolecular Hbond substituents is 1. The van der Waals surface area contributed by atoms with E-state index < -0.39 is 17.5 Å². The quantitative estimate of drug-likeness (QED) is 0.337. The number of hydrogen-bond acceptors (Lipinski definition) is 5. The molecule has 0 radical (unpaired) electrons. The molecule has 194 valence electrons. The van der Waals surface area contributed by atoms with Gasteiger partial charge in [-0.15, -0.1) is 10.2 Å². The summed E-state index contributed by atoms with van der Waals surface area (Å²) in [5, 5.41) is 23.4. The summed E-state index contributed by atoms with van der Waals surface area (Å²) in [5.74, 6) is 0.317. The van der Waals surface area contributed by atoms with Crippen LogP contribution in [0.4, 0.5) is 19.0 Å². The van der Waals surface area contributed by atoms with Crippen LogP contribution in [-0.2, 0) is 30.4 Å². The highest BCUT2D eigenvalue weighted by atomic mass is 19.4. The Kier molecular flexibility index (Phi) is 9.78. The molecule has 2 N–H and O–H groups in total. The van der Waals surface area contributed by atoms with Gasteiger partial charge in [0.1, 0.15) is 11.4 Å². The first-order chi connectivity index (χ1) is 16.8. The lowest BCUT2D eigenvalue weighted by Gasteiger charge is -2.23. The molecule has 8 heteroatoms. The second-order valence-electron chi connectivity index (χ2n) is 9.39. The van der Waals surface area contributed by atoms with Crippen LogP contribution in [0.3, 0.4) is 0 Å². The summed E-state index contributed by atoms with van der Waals surface area (Å²) in [4.78, 5) is 0. The van der Waals surface area contributed by atoms with Gasteiger partial charge < -0.3 is 15.2 Å². The average molecular weight is 494 g/mol. The molecule has 1 atom stereocenters. The molecule has 5 nitrogen and oxygen atoms in total. The van der Waals surface area contributed by atoms with E-state index in [2.05, 4.69) is 36.3 Å². The van der Waals surface area contributed by atoms with Gasteiger partial charge in [0.15, 0.2) is 5.82 Å². The van der Waals surface area contributed by atoms with Gasteiger partial charge >= 0.3 is 6.18 Å². The van der Waals surface area contributed by atoms with Crippen LogP contribution in [0.2, 0.25) is 0 Å².